The number of esters is 1. The monoisotopic (exact) mass is 376 g/mol. The molecule has 0 saturated heterocycles. The lowest BCUT2D eigenvalue weighted by Gasteiger charge is -2.11. The Kier molecular flexibility index (Phi) is 5.06. The van der Waals surface area contributed by atoms with Crippen LogP contribution in [0.15, 0.2) is 46.9 Å². The first-order valence-corrected chi connectivity index (χ1v) is 8.26. The fourth-order valence-corrected chi connectivity index (χ4v) is 2.81. The molecule has 0 N–H and O–H groups in total. The van der Waals surface area contributed by atoms with Gasteiger partial charge in [-0.1, -0.05) is 47.0 Å². The maximum absolute atomic E-state index is 12.3. The molecular formula is C18H14Cl2N2O3. The van der Waals surface area contributed by atoms with Gasteiger partial charge in [-0.25, -0.2) is 4.79 Å². The van der Waals surface area contributed by atoms with Crippen molar-refractivity contribution < 1.29 is 13.9 Å². The second kappa shape index (κ2) is 7.25. The van der Waals surface area contributed by atoms with Crippen molar-refractivity contribution in [2.75, 3.05) is 0 Å². The summed E-state index contributed by atoms with van der Waals surface area (Å²) in [5, 5.41) is 8.39. The molecule has 0 bridgehead atoms. The van der Waals surface area contributed by atoms with Crippen LogP contribution in [-0.2, 0) is 4.74 Å². The van der Waals surface area contributed by atoms with E-state index in [-0.39, 0.29) is 21.5 Å². The summed E-state index contributed by atoms with van der Waals surface area (Å²) in [6.07, 6.45) is -0.745. The molecule has 1 atom stereocenters. The number of ether oxygens (including phenoxy) is 1. The number of rotatable bonds is 4. The number of aromatic nitrogens is 2. The molecular weight excluding hydrogens is 363 g/mol. The summed E-state index contributed by atoms with van der Waals surface area (Å²) < 4.78 is 11.0. The van der Waals surface area contributed by atoms with Gasteiger partial charge in [0.15, 0.2) is 6.10 Å². The van der Waals surface area contributed by atoms with Crippen LogP contribution >= 0.6 is 23.2 Å². The second-order valence-electron chi connectivity index (χ2n) is 5.46. The maximum atomic E-state index is 12.3. The Balaban J connectivity index is 1.78. The normalized spacial score (nSPS) is 12.0. The minimum atomic E-state index is -0.745. The lowest BCUT2D eigenvalue weighted by atomic mass is 10.1. The summed E-state index contributed by atoms with van der Waals surface area (Å²) in [5.74, 6) is -0.108. The minimum Gasteiger partial charge on any atom is -0.449 e. The fourth-order valence-electron chi connectivity index (χ4n) is 2.26. The number of aryl methyl sites for hydroxylation is 1. The highest BCUT2D eigenvalue weighted by atomic mass is 35.5. The number of nitrogens with zero attached hydrogens (tertiary/aromatic N) is 2. The van der Waals surface area contributed by atoms with Gasteiger partial charge in [0.05, 0.1) is 15.6 Å². The molecule has 0 aliphatic rings. The third-order valence-corrected chi connectivity index (χ3v) is 4.13. The third-order valence-electron chi connectivity index (χ3n) is 3.50. The standard InChI is InChI=1S/C18H14Cl2N2O3/c1-10-5-3-6-12(9-10)17-22-21-16(25-17)11(2)24-18(23)15-13(19)7-4-8-14(15)20/h3-9,11H,1-2H3. The molecule has 1 unspecified atom stereocenters. The molecule has 0 aliphatic heterocycles. The van der Waals surface area contributed by atoms with Crippen LogP contribution in [0.4, 0.5) is 0 Å². The lowest BCUT2D eigenvalue weighted by molar-refractivity contribution is 0.0280. The Morgan fingerprint density at radius 1 is 1.12 bits per heavy atom. The molecule has 5 nitrogen and oxygen atoms in total. The van der Waals surface area contributed by atoms with Crippen molar-refractivity contribution in [1.82, 2.24) is 10.2 Å². The highest BCUT2D eigenvalue weighted by Crippen LogP contribution is 2.28. The average Bonchev–Trinajstić information content (AvgIpc) is 3.05. The molecule has 2 aromatic carbocycles. The maximum Gasteiger partial charge on any atom is 0.341 e. The van der Waals surface area contributed by atoms with E-state index in [9.17, 15) is 4.79 Å². The van der Waals surface area contributed by atoms with Crippen LogP contribution in [0.5, 0.6) is 0 Å². The van der Waals surface area contributed by atoms with Crippen LogP contribution in [0.2, 0.25) is 10.0 Å². The second-order valence-corrected chi connectivity index (χ2v) is 6.27. The molecule has 0 aliphatic carbocycles. The summed E-state index contributed by atoms with van der Waals surface area (Å²) >= 11 is 12.0. The number of carbonyl (C=O) groups is 1. The van der Waals surface area contributed by atoms with Crippen molar-refractivity contribution >= 4 is 29.2 Å². The van der Waals surface area contributed by atoms with Crippen molar-refractivity contribution in [2.45, 2.75) is 20.0 Å². The minimum absolute atomic E-state index is 0.108. The van der Waals surface area contributed by atoms with Gasteiger partial charge in [0, 0.05) is 5.56 Å². The predicted octanol–water partition coefficient (Wildman–Crippen LogP) is 5.27. The Morgan fingerprint density at radius 3 is 2.48 bits per heavy atom. The molecule has 3 rings (SSSR count). The molecule has 3 aromatic rings. The number of hydrogen-bond acceptors (Lipinski definition) is 5. The molecule has 0 saturated carbocycles. The molecule has 25 heavy (non-hydrogen) atoms. The number of carbonyl (C=O) groups excluding carboxylic acids is 1. The lowest BCUT2D eigenvalue weighted by Crippen LogP contribution is -2.10. The van der Waals surface area contributed by atoms with Crippen LogP contribution in [-0.4, -0.2) is 16.2 Å². The van der Waals surface area contributed by atoms with Gasteiger partial charge < -0.3 is 9.15 Å². The summed E-state index contributed by atoms with van der Waals surface area (Å²) in [4.78, 5) is 12.3. The smallest absolute Gasteiger partial charge is 0.341 e. The van der Waals surface area contributed by atoms with Crippen molar-refractivity contribution in [2.24, 2.45) is 0 Å². The summed E-state index contributed by atoms with van der Waals surface area (Å²) in [7, 11) is 0. The fraction of sp³-hybridized carbons (Fsp3) is 0.167. The Labute approximate surface area is 154 Å². The van der Waals surface area contributed by atoms with Crippen LogP contribution in [0.1, 0.15) is 34.8 Å². The van der Waals surface area contributed by atoms with Gasteiger partial charge in [-0.15, -0.1) is 10.2 Å². The topological polar surface area (TPSA) is 65.2 Å². The van der Waals surface area contributed by atoms with E-state index in [0.717, 1.165) is 11.1 Å². The first-order chi connectivity index (χ1) is 12.0. The zero-order chi connectivity index (χ0) is 18.0. The summed E-state index contributed by atoms with van der Waals surface area (Å²) in [6.45, 7) is 3.61. The SMILES string of the molecule is Cc1cccc(-c2nnc(C(C)OC(=O)c3c(Cl)cccc3Cl)o2)c1. The van der Waals surface area contributed by atoms with E-state index in [1.807, 2.05) is 31.2 Å². The first-order valence-electron chi connectivity index (χ1n) is 7.51. The van der Waals surface area contributed by atoms with E-state index in [2.05, 4.69) is 10.2 Å². The van der Waals surface area contributed by atoms with E-state index in [0.29, 0.717) is 5.89 Å². The van der Waals surface area contributed by atoms with Gasteiger partial charge in [-0.2, -0.15) is 0 Å². The quantitative estimate of drug-likeness (QED) is 0.580. The van der Waals surface area contributed by atoms with Crippen LogP contribution in [0, 0.1) is 6.92 Å². The largest absolute Gasteiger partial charge is 0.449 e. The molecule has 0 spiro atoms. The molecule has 0 amide bonds. The molecule has 1 aromatic heterocycles. The van der Waals surface area contributed by atoms with E-state index in [1.54, 1.807) is 25.1 Å². The van der Waals surface area contributed by atoms with Crippen molar-refractivity contribution in [3.05, 3.63) is 69.5 Å². The third kappa shape index (κ3) is 3.83. The van der Waals surface area contributed by atoms with Crippen LogP contribution in [0.3, 0.4) is 0 Å². The predicted molar refractivity (Wildman–Crippen MR) is 94.8 cm³/mol. The Hall–Kier alpha value is -2.37. The Morgan fingerprint density at radius 2 is 1.80 bits per heavy atom. The van der Waals surface area contributed by atoms with Gasteiger partial charge in [0.1, 0.15) is 0 Å². The molecule has 0 fully saturated rings. The summed E-state index contributed by atoms with van der Waals surface area (Å²) in [5.41, 5.74) is 1.98. The van der Waals surface area contributed by atoms with Crippen molar-refractivity contribution in [1.29, 1.82) is 0 Å². The van der Waals surface area contributed by atoms with Gasteiger partial charge >= 0.3 is 5.97 Å². The number of halogens is 2. The van der Waals surface area contributed by atoms with Gasteiger partial charge in [0.25, 0.3) is 5.89 Å². The molecule has 1 heterocycles. The van der Waals surface area contributed by atoms with E-state index >= 15 is 0 Å². The highest BCUT2D eigenvalue weighted by Gasteiger charge is 2.23. The zero-order valence-electron chi connectivity index (χ0n) is 13.5. The van der Waals surface area contributed by atoms with Crippen LogP contribution in [0.25, 0.3) is 11.5 Å². The highest BCUT2D eigenvalue weighted by molar-refractivity contribution is 6.39. The molecule has 128 valence electrons. The first kappa shape index (κ1) is 17.5. The number of hydrogen-bond donors (Lipinski definition) is 0. The molecule has 7 heteroatoms. The van der Waals surface area contributed by atoms with Gasteiger partial charge in [-0.3, -0.25) is 0 Å². The summed E-state index contributed by atoms with van der Waals surface area (Å²) in [6, 6.07) is 12.4. The van der Waals surface area contributed by atoms with E-state index in [1.165, 1.54) is 0 Å². The van der Waals surface area contributed by atoms with E-state index < -0.39 is 12.1 Å². The van der Waals surface area contributed by atoms with Crippen molar-refractivity contribution in [3.63, 3.8) is 0 Å². The van der Waals surface area contributed by atoms with E-state index in [4.69, 9.17) is 32.4 Å². The van der Waals surface area contributed by atoms with Crippen molar-refractivity contribution in [3.8, 4) is 11.5 Å². The zero-order valence-corrected chi connectivity index (χ0v) is 15.0. The average molecular weight is 377 g/mol. The number of benzene rings is 2. The molecule has 0 radical (unpaired) electrons. The van der Waals surface area contributed by atoms with Crippen LogP contribution < -0.4 is 0 Å². The Bertz CT molecular complexity index is 904. The van der Waals surface area contributed by atoms with Gasteiger partial charge in [0.2, 0.25) is 5.89 Å². The van der Waals surface area contributed by atoms with Gasteiger partial charge in [-0.05, 0) is 38.1 Å².